The third-order valence-corrected chi connectivity index (χ3v) is 3.87. The van der Waals surface area contributed by atoms with Crippen LogP contribution in [0, 0.1) is 5.92 Å². The van der Waals surface area contributed by atoms with Crippen LogP contribution in [-0.4, -0.2) is 26.9 Å². The number of ether oxygens (including phenoxy) is 2. The summed E-state index contributed by atoms with van der Waals surface area (Å²) in [5.74, 6) is 1.77. The topological polar surface area (TPSA) is 44.5 Å². The lowest BCUT2D eigenvalue weighted by Crippen LogP contribution is -2.10. The Morgan fingerprint density at radius 1 is 1.30 bits per heavy atom. The van der Waals surface area contributed by atoms with E-state index in [0.29, 0.717) is 12.5 Å². The fourth-order valence-corrected chi connectivity index (χ4v) is 3.03. The Kier molecular flexibility index (Phi) is 5.44. The second-order valence-electron chi connectivity index (χ2n) is 5.96. The van der Waals surface area contributed by atoms with Gasteiger partial charge in [0.2, 0.25) is 0 Å². The number of fused-ring (bicyclic) bond motifs is 1. The minimum absolute atomic E-state index is 0.654. The Labute approximate surface area is 122 Å². The van der Waals surface area contributed by atoms with Gasteiger partial charge in [-0.3, -0.25) is 0 Å². The van der Waals surface area contributed by atoms with E-state index in [1.54, 1.807) is 7.11 Å². The molecule has 3 nitrogen and oxygen atoms in total. The maximum absolute atomic E-state index is 5.88. The average Bonchev–Trinajstić information content (AvgIpc) is 2.89. The van der Waals surface area contributed by atoms with Gasteiger partial charge in [-0.15, -0.1) is 0 Å². The normalized spacial score (nSPS) is 13.7. The Hall–Kier alpha value is -1.06. The van der Waals surface area contributed by atoms with Crippen molar-refractivity contribution >= 4 is 0 Å². The standard InChI is InChI=1S/C17H27NO2/c1-12(2)10-16-13(5-8-19-3)11-14(4-7-18)17-15(16)6-9-20-17/h11-12H,4-10,18H2,1-3H3. The van der Waals surface area contributed by atoms with Gasteiger partial charge in [0.15, 0.2) is 0 Å². The van der Waals surface area contributed by atoms with E-state index in [9.17, 15) is 0 Å². The van der Waals surface area contributed by atoms with Gasteiger partial charge in [0.25, 0.3) is 0 Å². The Morgan fingerprint density at radius 2 is 2.10 bits per heavy atom. The van der Waals surface area contributed by atoms with Gasteiger partial charge in [0.05, 0.1) is 13.2 Å². The second kappa shape index (κ2) is 7.09. The van der Waals surface area contributed by atoms with Gasteiger partial charge >= 0.3 is 0 Å². The van der Waals surface area contributed by atoms with Crippen LogP contribution >= 0.6 is 0 Å². The van der Waals surface area contributed by atoms with Gasteiger partial charge in [0, 0.05) is 19.1 Å². The third-order valence-electron chi connectivity index (χ3n) is 3.87. The molecular formula is C17H27NO2. The molecule has 0 fully saturated rings. The van der Waals surface area contributed by atoms with Crippen molar-refractivity contribution in [3.05, 3.63) is 28.3 Å². The summed E-state index contributed by atoms with van der Waals surface area (Å²) < 4.78 is 11.1. The zero-order valence-corrected chi connectivity index (χ0v) is 13.0. The molecule has 0 unspecified atom stereocenters. The summed E-state index contributed by atoms with van der Waals surface area (Å²) in [5.41, 5.74) is 11.4. The van der Waals surface area contributed by atoms with Crippen molar-refractivity contribution in [3.8, 4) is 5.75 Å². The summed E-state index contributed by atoms with van der Waals surface area (Å²) in [6, 6.07) is 2.30. The number of benzene rings is 1. The van der Waals surface area contributed by atoms with Crippen LogP contribution in [0.15, 0.2) is 6.07 Å². The number of nitrogens with two attached hydrogens (primary N) is 1. The highest BCUT2D eigenvalue weighted by molar-refractivity contribution is 5.53. The lowest BCUT2D eigenvalue weighted by atomic mass is 9.88. The van der Waals surface area contributed by atoms with Crippen molar-refractivity contribution in [2.45, 2.75) is 39.5 Å². The minimum atomic E-state index is 0.654. The first-order valence-electron chi connectivity index (χ1n) is 7.65. The van der Waals surface area contributed by atoms with E-state index in [0.717, 1.165) is 44.6 Å². The highest BCUT2D eigenvalue weighted by Crippen LogP contribution is 2.36. The van der Waals surface area contributed by atoms with Crippen molar-refractivity contribution < 1.29 is 9.47 Å². The van der Waals surface area contributed by atoms with Crippen molar-refractivity contribution in [2.24, 2.45) is 11.7 Å². The first kappa shape index (κ1) is 15.3. The van der Waals surface area contributed by atoms with E-state index in [-0.39, 0.29) is 0 Å². The SMILES string of the molecule is COCCc1cc(CCN)c2c(c1CC(C)C)CCO2. The number of hydrogen-bond donors (Lipinski definition) is 1. The summed E-state index contributed by atoms with van der Waals surface area (Å²) in [6.45, 7) is 6.80. The molecule has 0 spiro atoms. The molecule has 2 N–H and O–H groups in total. The van der Waals surface area contributed by atoms with Gasteiger partial charge in [-0.2, -0.15) is 0 Å². The predicted molar refractivity (Wildman–Crippen MR) is 82.5 cm³/mol. The van der Waals surface area contributed by atoms with Crippen LogP contribution in [0.3, 0.4) is 0 Å². The quantitative estimate of drug-likeness (QED) is 0.833. The molecule has 20 heavy (non-hydrogen) atoms. The lowest BCUT2D eigenvalue weighted by Gasteiger charge is -2.18. The van der Waals surface area contributed by atoms with E-state index in [4.69, 9.17) is 15.2 Å². The van der Waals surface area contributed by atoms with E-state index < -0.39 is 0 Å². The fourth-order valence-electron chi connectivity index (χ4n) is 3.03. The van der Waals surface area contributed by atoms with E-state index >= 15 is 0 Å². The maximum atomic E-state index is 5.88. The van der Waals surface area contributed by atoms with Crippen molar-refractivity contribution in [3.63, 3.8) is 0 Å². The first-order chi connectivity index (χ1) is 9.67. The Morgan fingerprint density at radius 3 is 2.75 bits per heavy atom. The van der Waals surface area contributed by atoms with Crippen LogP contribution in [0.2, 0.25) is 0 Å². The van der Waals surface area contributed by atoms with Gasteiger partial charge < -0.3 is 15.2 Å². The molecule has 0 bridgehead atoms. The third kappa shape index (κ3) is 3.33. The molecule has 0 saturated carbocycles. The molecular weight excluding hydrogens is 250 g/mol. The molecule has 1 aromatic rings. The average molecular weight is 277 g/mol. The van der Waals surface area contributed by atoms with Crippen LogP contribution < -0.4 is 10.5 Å². The molecule has 0 aliphatic carbocycles. The molecule has 1 heterocycles. The van der Waals surface area contributed by atoms with Crippen LogP contribution in [0.25, 0.3) is 0 Å². The monoisotopic (exact) mass is 277 g/mol. The molecule has 1 aliphatic heterocycles. The molecule has 1 aromatic carbocycles. The number of methoxy groups -OCH3 is 1. The molecule has 0 radical (unpaired) electrons. The highest BCUT2D eigenvalue weighted by atomic mass is 16.5. The molecule has 0 atom stereocenters. The molecule has 0 saturated heterocycles. The summed E-state index contributed by atoms with van der Waals surface area (Å²) in [6.07, 6.45) is 4.02. The molecule has 0 amide bonds. The van der Waals surface area contributed by atoms with Crippen molar-refractivity contribution in [1.29, 1.82) is 0 Å². The number of hydrogen-bond acceptors (Lipinski definition) is 3. The summed E-state index contributed by atoms with van der Waals surface area (Å²) in [4.78, 5) is 0. The summed E-state index contributed by atoms with van der Waals surface area (Å²) in [5, 5.41) is 0. The lowest BCUT2D eigenvalue weighted by molar-refractivity contribution is 0.202. The first-order valence-corrected chi connectivity index (χ1v) is 7.65. The van der Waals surface area contributed by atoms with E-state index in [2.05, 4.69) is 19.9 Å². The molecule has 2 rings (SSSR count). The van der Waals surface area contributed by atoms with E-state index in [1.807, 2.05) is 0 Å². The highest BCUT2D eigenvalue weighted by Gasteiger charge is 2.23. The summed E-state index contributed by atoms with van der Waals surface area (Å²) >= 11 is 0. The largest absolute Gasteiger partial charge is 0.493 e. The van der Waals surface area contributed by atoms with Crippen LogP contribution in [-0.2, 0) is 30.4 Å². The van der Waals surface area contributed by atoms with Crippen molar-refractivity contribution in [2.75, 3.05) is 26.9 Å². The van der Waals surface area contributed by atoms with Gasteiger partial charge in [-0.1, -0.05) is 19.9 Å². The van der Waals surface area contributed by atoms with Gasteiger partial charge in [0.1, 0.15) is 5.75 Å². The van der Waals surface area contributed by atoms with E-state index in [1.165, 1.54) is 22.3 Å². The molecule has 0 aromatic heterocycles. The molecule has 3 heteroatoms. The Balaban J connectivity index is 2.43. The predicted octanol–water partition coefficient (Wildman–Crippen LogP) is 2.51. The second-order valence-corrected chi connectivity index (χ2v) is 5.96. The fraction of sp³-hybridized carbons (Fsp3) is 0.647. The molecule has 1 aliphatic rings. The maximum Gasteiger partial charge on any atom is 0.126 e. The van der Waals surface area contributed by atoms with Crippen molar-refractivity contribution in [1.82, 2.24) is 0 Å². The van der Waals surface area contributed by atoms with Crippen LogP contribution in [0.4, 0.5) is 0 Å². The molecule has 112 valence electrons. The minimum Gasteiger partial charge on any atom is -0.493 e. The van der Waals surface area contributed by atoms with Crippen LogP contribution in [0.5, 0.6) is 5.75 Å². The number of rotatable bonds is 7. The zero-order chi connectivity index (χ0) is 14.5. The van der Waals surface area contributed by atoms with Gasteiger partial charge in [-0.25, -0.2) is 0 Å². The van der Waals surface area contributed by atoms with Gasteiger partial charge in [-0.05, 0) is 48.4 Å². The Bertz CT molecular complexity index is 455. The zero-order valence-electron chi connectivity index (χ0n) is 13.0. The van der Waals surface area contributed by atoms with Crippen LogP contribution in [0.1, 0.15) is 36.1 Å². The summed E-state index contributed by atoms with van der Waals surface area (Å²) in [7, 11) is 1.76. The smallest absolute Gasteiger partial charge is 0.126 e.